The number of rotatable bonds is 12. The molecule has 0 rings (SSSR count). The van der Waals surface area contributed by atoms with Gasteiger partial charge in [0.1, 0.15) is 0 Å². The molecule has 0 aromatic heterocycles. The largest absolute Gasteiger partial charge is 0.394 e. The van der Waals surface area contributed by atoms with Crippen LogP contribution in [-0.4, -0.2) is 76.0 Å². The lowest BCUT2D eigenvalue weighted by molar-refractivity contribution is 0.186. The Hall–Kier alpha value is 0.110. The molecular formula is C17H42O6S. The van der Waals surface area contributed by atoms with Crippen LogP contribution in [0, 0.1) is 0 Å². The number of hydrogen-bond donors (Lipinski definition) is 7. The summed E-state index contributed by atoms with van der Waals surface area (Å²) in [5.74, 6) is 1.07. The van der Waals surface area contributed by atoms with Crippen LogP contribution in [0.3, 0.4) is 0 Å². The van der Waals surface area contributed by atoms with Crippen molar-refractivity contribution in [1.29, 1.82) is 0 Å². The molecule has 0 radical (unpaired) electrons. The highest BCUT2D eigenvalue weighted by atomic mass is 32.1. The van der Waals surface area contributed by atoms with Crippen LogP contribution in [0.2, 0.25) is 0 Å². The normalized spacial score (nSPS) is 9.00. The molecule has 0 fully saturated rings. The Labute approximate surface area is 154 Å². The van der Waals surface area contributed by atoms with Crippen LogP contribution in [-0.2, 0) is 0 Å². The quantitative estimate of drug-likeness (QED) is 0.205. The minimum Gasteiger partial charge on any atom is -0.394 e. The van der Waals surface area contributed by atoms with Gasteiger partial charge in [0.2, 0.25) is 0 Å². The second-order valence-corrected chi connectivity index (χ2v) is 5.34. The fourth-order valence-electron chi connectivity index (χ4n) is 1.42. The second kappa shape index (κ2) is 43.5. The lowest BCUT2D eigenvalue weighted by atomic mass is 10.1. The van der Waals surface area contributed by atoms with Crippen LogP contribution in [0.4, 0.5) is 0 Å². The molecule has 6 N–H and O–H groups in total. The first-order valence-corrected chi connectivity index (χ1v) is 9.55. The smallest absolute Gasteiger partial charge is 0.0662 e. The third-order valence-corrected chi connectivity index (χ3v) is 2.88. The van der Waals surface area contributed by atoms with Gasteiger partial charge in [-0.2, -0.15) is 12.6 Å². The molecule has 0 heterocycles. The summed E-state index contributed by atoms with van der Waals surface area (Å²) in [5, 5.41) is 45.8. The van der Waals surface area contributed by atoms with Gasteiger partial charge >= 0.3 is 0 Å². The van der Waals surface area contributed by atoms with Crippen molar-refractivity contribution in [2.75, 3.05) is 45.4 Å². The zero-order valence-electron chi connectivity index (χ0n) is 15.4. The van der Waals surface area contributed by atoms with Crippen molar-refractivity contribution in [3.8, 4) is 0 Å². The SMILES string of the molecule is CCCCCCCCCCCS.OCCO.OCCO.OCCO. The van der Waals surface area contributed by atoms with Gasteiger partial charge < -0.3 is 30.6 Å². The highest BCUT2D eigenvalue weighted by molar-refractivity contribution is 7.80. The highest BCUT2D eigenvalue weighted by Gasteiger charge is 1.90. The molecule has 0 spiro atoms. The topological polar surface area (TPSA) is 121 Å². The van der Waals surface area contributed by atoms with E-state index in [0.717, 1.165) is 5.75 Å². The predicted octanol–water partition coefficient (Wildman–Crippen LogP) is 1.36. The van der Waals surface area contributed by atoms with E-state index in [4.69, 9.17) is 30.6 Å². The van der Waals surface area contributed by atoms with Gasteiger partial charge in [0.05, 0.1) is 39.6 Å². The number of hydrogen-bond acceptors (Lipinski definition) is 7. The summed E-state index contributed by atoms with van der Waals surface area (Å²) in [6.07, 6.45) is 12.7. The van der Waals surface area contributed by atoms with E-state index < -0.39 is 0 Å². The van der Waals surface area contributed by atoms with Crippen molar-refractivity contribution in [2.24, 2.45) is 0 Å². The van der Waals surface area contributed by atoms with Crippen LogP contribution in [0.15, 0.2) is 0 Å². The van der Waals surface area contributed by atoms with Gasteiger partial charge in [-0.25, -0.2) is 0 Å². The van der Waals surface area contributed by atoms with E-state index in [1.807, 2.05) is 0 Å². The zero-order chi connectivity index (χ0) is 19.3. The van der Waals surface area contributed by atoms with Crippen LogP contribution < -0.4 is 0 Å². The fourth-order valence-corrected chi connectivity index (χ4v) is 1.65. The first kappa shape index (κ1) is 31.8. The number of aliphatic hydroxyl groups is 6. The van der Waals surface area contributed by atoms with Gasteiger partial charge in [0, 0.05) is 0 Å². The molecule has 0 aliphatic heterocycles. The van der Waals surface area contributed by atoms with E-state index in [9.17, 15) is 0 Å². The van der Waals surface area contributed by atoms with E-state index >= 15 is 0 Å². The molecule has 0 aliphatic rings. The van der Waals surface area contributed by atoms with Crippen LogP contribution in [0.5, 0.6) is 0 Å². The summed E-state index contributed by atoms with van der Waals surface area (Å²) in [6.45, 7) is 1.52. The first-order chi connectivity index (χ1) is 11.7. The fraction of sp³-hybridized carbons (Fsp3) is 1.00. The summed E-state index contributed by atoms with van der Waals surface area (Å²) >= 11 is 4.19. The molecular weight excluding hydrogens is 332 g/mol. The minimum absolute atomic E-state index is 0.125. The lowest BCUT2D eigenvalue weighted by Gasteiger charge is -1.99. The Morgan fingerprint density at radius 2 is 0.708 bits per heavy atom. The summed E-state index contributed by atoms with van der Waals surface area (Å²) in [6, 6.07) is 0. The molecule has 0 atom stereocenters. The molecule has 0 saturated heterocycles. The molecule has 0 aliphatic carbocycles. The molecule has 152 valence electrons. The Morgan fingerprint density at radius 1 is 0.458 bits per heavy atom. The van der Waals surface area contributed by atoms with Gasteiger partial charge in [-0.1, -0.05) is 58.3 Å². The van der Waals surface area contributed by atoms with Crippen molar-refractivity contribution in [3.05, 3.63) is 0 Å². The average molecular weight is 375 g/mol. The van der Waals surface area contributed by atoms with Crippen molar-refractivity contribution < 1.29 is 30.6 Å². The summed E-state index contributed by atoms with van der Waals surface area (Å²) in [4.78, 5) is 0. The van der Waals surface area contributed by atoms with Gasteiger partial charge in [-0.15, -0.1) is 0 Å². The van der Waals surface area contributed by atoms with Crippen LogP contribution in [0.1, 0.15) is 64.7 Å². The van der Waals surface area contributed by atoms with E-state index in [-0.39, 0.29) is 39.6 Å². The van der Waals surface area contributed by atoms with Crippen molar-refractivity contribution in [1.82, 2.24) is 0 Å². The van der Waals surface area contributed by atoms with Crippen molar-refractivity contribution in [2.45, 2.75) is 64.7 Å². The second-order valence-electron chi connectivity index (χ2n) is 4.89. The monoisotopic (exact) mass is 374 g/mol. The molecule has 0 aromatic rings. The Balaban J connectivity index is -0.000000137. The minimum atomic E-state index is -0.125. The standard InChI is InChI=1S/C11H24S.3C2H6O2/c1-2-3-4-5-6-7-8-9-10-11-12;3*3-1-2-4/h12H,2-11H2,1H3;3*3-4H,1-2H2. The molecule has 0 unspecified atom stereocenters. The van der Waals surface area contributed by atoms with Gasteiger partial charge in [-0.3, -0.25) is 0 Å². The van der Waals surface area contributed by atoms with Crippen molar-refractivity contribution >= 4 is 12.6 Å². The van der Waals surface area contributed by atoms with E-state index in [1.165, 1.54) is 57.8 Å². The number of aliphatic hydroxyl groups excluding tert-OH is 6. The molecule has 0 saturated carbocycles. The number of unbranched alkanes of at least 4 members (excludes halogenated alkanes) is 8. The van der Waals surface area contributed by atoms with E-state index in [2.05, 4.69) is 19.6 Å². The maximum Gasteiger partial charge on any atom is 0.0662 e. The molecule has 0 amide bonds. The summed E-state index contributed by atoms with van der Waals surface area (Å²) in [5.41, 5.74) is 0. The molecule has 0 aromatic carbocycles. The maximum atomic E-state index is 7.62. The third-order valence-electron chi connectivity index (χ3n) is 2.56. The van der Waals surface area contributed by atoms with E-state index in [1.54, 1.807) is 0 Å². The number of thiol groups is 1. The van der Waals surface area contributed by atoms with Gasteiger partial charge in [0.15, 0.2) is 0 Å². The van der Waals surface area contributed by atoms with Gasteiger partial charge in [0.25, 0.3) is 0 Å². The third kappa shape index (κ3) is 67.2. The Morgan fingerprint density at radius 3 is 0.917 bits per heavy atom. The predicted molar refractivity (Wildman–Crippen MR) is 104 cm³/mol. The molecule has 7 heteroatoms. The van der Waals surface area contributed by atoms with Crippen molar-refractivity contribution in [3.63, 3.8) is 0 Å². The highest BCUT2D eigenvalue weighted by Crippen LogP contribution is 2.09. The van der Waals surface area contributed by atoms with Gasteiger partial charge in [-0.05, 0) is 12.2 Å². The summed E-state index contributed by atoms with van der Waals surface area (Å²) < 4.78 is 0. The lowest BCUT2D eigenvalue weighted by Crippen LogP contribution is -1.85. The average Bonchev–Trinajstić information content (AvgIpc) is 2.64. The zero-order valence-corrected chi connectivity index (χ0v) is 16.3. The maximum absolute atomic E-state index is 7.62. The first-order valence-electron chi connectivity index (χ1n) is 8.92. The molecule has 24 heavy (non-hydrogen) atoms. The van der Waals surface area contributed by atoms with Crippen LogP contribution >= 0.6 is 12.6 Å². The molecule has 0 bridgehead atoms. The Bertz CT molecular complexity index is 128. The van der Waals surface area contributed by atoms with E-state index in [0.29, 0.717) is 0 Å². The Kier molecular flexibility index (Phi) is 57.7. The summed E-state index contributed by atoms with van der Waals surface area (Å²) in [7, 11) is 0. The van der Waals surface area contributed by atoms with Crippen LogP contribution in [0.25, 0.3) is 0 Å². The molecule has 6 nitrogen and oxygen atoms in total.